The quantitative estimate of drug-likeness (QED) is 0.467. The van der Waals surface area contributed by atoms with Crippen LogP contribution in [-0.4, -0.2) is 19.3 Å². The van der Waals surface area contributed by atoms with Crippen LogP contribution >= 0.6 is 11.3 Å². The summed E-state index contributed by atoms with van der Waals surface area (Å²) in [6, 6.07) is 20.2. The summed E-state index contributed by atoms with van der Waals surface area (Å²) in [5.74, 6) is -0.0489. The van der Waals surface area contributed by atoms with Crippen molar-refractivity contribution >= 4 is 48.9 Å². The van der Waals surface area contributed by atoms with Gasteiger partial charge >= 0.3 is 0 Å². The Bertz CT molecular complexity index is 1360. The highest BCUT2D eigenvalue weighted by Gasteiger charge is 2.20. The largest absolute Gasteiger partial charge is 0.326 e. The third-order valence-electron chi connectivity index (χ3n) is 5.18. The number of nitrogens with one attached hydrogen (secondary N) is 2. The highest BCUT2D eigenvalue weighted by Crippen LogP contribution is 2.27. The zero-order valence-corrected chi connectivity index (χ0v) is 18.1. The van der Waals surface area contributed by atoms with Crippen LogP contribution in [0.5, 0.6) is 0 Å². The number of carbonyl (C=O) groups excluding carboxylic acids is 1. The molecule has 0 spiro atoms. The molecule has 1 amide bonds. The molecule has 0 saturated carbocycles. The molecule has 2 N–H and O–H groups in total. The maximum atomic E-state index is 12.8. The number of amides is 1. The van der Waals surface area contributed by atoms with E-state index in [1.165, 1.54) is 6.07 Å². The molecule has 0 fully saturated rings. The van der Waals surface area contributed by atoms with Crippen molar-refractivity contribution in [3.63, 3.8) is 0 Å². The second kappa shape index (κ2) is 7.79. The van der Waals surface area contributed by atoms with E-state index in [-0.39, 0.29) is 10.8 Å². The number of para-hydroxylation sites is 1. The first-order valence-electron chi connectivity index (χ1n) is 9.85. The molecule has 1 aliphatic rings. The van der Waals surface area contributed by atoms with Crippen LogP contribution in [0, 0.1) is 0 Å². The van der Waals surface area contributed by atoms with Gasteiger partial charge in [0.25, 0.3) is 10.0 Å². The van der Waals surface area contributed by atoms with Gasteiger partial charge in [0.1, 0.15) is 0 Å². The molecule has 0 bridgehead atoms. The molecule has 5 rings (SSSR count). The first kappa shape index (κ1) is 19.7. The Kier molecular flexibility index (Phi) is 4.95. The van der Waals surface area contributed by atoms with E-state index >= 15 is 0 Å². The Morgan fingerprint density at radius 1 is 1.00 bits per heavy atom. The number of rotatable bonds is 5. The first-order chi connectivity index (χ1) is 15.0. The number of fused-ring (bicyclic) bond motifs is 2. The Morgan fingerprint density at radius 2 is 1.81 bits per heavy atom. The summed E-state index contributed by atoms with van der Waals surface area (Å²) in [7, 11) is -3.72. The highest BCUT2D eigenvalue weighted by molar-refractivity contribution is 7.92. The maximum Gasteiger partial charge on any atom is 0.261 e. The molecule has 6 nitrogen and oxygen atoms in total. The van der Waals surface area contributed by atoms with Gasteiger partial charge in [-0.3, -0.25) is 9.52 Å². The SMILES string of the molecule is O=C1CCc2cc(S(=O)(=O)Nc3ccc(Cc4nc5ccccc5s4)cc3)ccc2N1. The molecular formula is C23H19N3O3S2. The van der Waals surface area contributed by atoms with Crippen molar-refractivity contribution in [1.82, 2.24) is 4.98 Å². The van der Waals surface area contributed by atoms with Crippen molar-refractivity contribution in [2.24, 2.45) is 0 Å². The topological polar surface area (TPSA) is 88.2 Å². The minimum atomic E-state index is -3.72. The lowest BCUT2D eigenvalue weighted by molar-refractivity contribution is -0.116. The molecule has 1 aliphatic heterocycles. The third kappa shape index (κ3) is 4.17. The standard InChI is InChI=1S/C23H19N3O3S2/c27-22-12-7-16-14-18(10-11-19(16)24-22)31(28,29)26-17-8-5-15(6-9-17)13-23-25-20-3-1-2-4-21(20)30-23/h1-6,8-11,14,26H,7,12-13H2,(H,24,27). The van der Waals surface area contributed by atoms with Gasteiger partial charge in [-0.05, 0) is 60.0 Å². The molecule has 0 aliphatic carbocycles. The van der Waals surface area contributed by atoms with Crippen molar-refractivity contribution < 1.29 is 13.2 Å². The number of sulfonamides is 1. The fourth-order valence-electron chi connectivity index (χ4n) is 3.60. The number of aromatic nitrogens is 1. The van der Waals surface area contributed by atoms with Gasteiger partial charge in [-0.2, -0.15) is 0 Å². The number of carbonyl (C=O) groups is 1. The minimum Gasteiger partial charge on any atom is -0.326 e. The summed E-state index contributed by atoms with van der Waals surface area (Å²) in [4.78, 5) is 16.3. The fraction of sp³-hybridized carbons (Fsp3) is 0.130. The fourth-order valence-corrected chi connectivity index (χ4v) is 5.71. The van der Waals surface area contributed by atoms with E-state index in [9.17, 15) is 13.2 Å². The number of thiazole rings is 1. The number of hydrogen-bond donors (Lipinski definition) is 2. The molecule has 1 aromatic heterocycles. The predicted molar refractivity (Wildman–Crippen MR) is 123 cm³/mol. The summed E-state index contributed by atoms with van der Waals surface area (Å²) >= 11 is 1.67. The van der Waals surface area contributed by atoms with Crippen LogP contribution in [0.15, 0.2) is 71.6 Å². The molecule has 2 heterocycles. The van der Waals surface area contributed by atoms with Crippen molar-refractivity contribution in [3.8, 4) is 0 Å². The average molecular weight is 450 g/mol. The Morgan fingerprint density at radius 3 is 2.61 bits per heavy atom. The van der Waals surface area contributed by atoms with Crippen molar-refractivity contribution in [2.45, 2.75) is 24.2 Å². The molecule has 31 heavy (non-hydrogen) atoms. The monoisotopic (exact) mass is 449 g/mol. The third-order valence-corrected chi connectivity index (χ3v) is 7.60. The lowest BCUT2D eigenvalue weighted by Crippen LogP contribution is -2.20. The van der Waals surface area contributed by atoms with Crippen molar-refractivity contribution in [1.29, 1.82) is 0 Å². The van der Waals surface area contributed by atoms with Gasteiger partial charge in [-0.25, -0.2) is 13.4 Å². The van der Waals surface area contributed by atoms with Crippen LogP contribution in [0.4, 0.5) is 11.4 Å². The molecule has 0 unspecified atom stereocenters. The lowest BCUT2D eigenvalue weighted by atomic mass is 10.0. The van der Waals surface area contributed by atoms with Gasteiger partial charge < -0.3 is 5.32 Å². The van der Waals surface area contributed by atoms with Gasteiger partial charge in [-0.1, -0.05) is 24.3 Å². The van der Waals surface area contributed by atoms with E-state index in [4.69, 9.17) is 0 Å². The number of anilines is 2. The van der Waals surface area contributed by atoms with Gasteiger partial charge in [0.2, 0.25) is 5.91 Å². The summed E-state index contributed by atoms with van der Waals surface area (Å²) in [5.41, 5.74) is 4.06. The van der Waals surface area contributed by atoms with Crippen LogP contribution in [0.3, 0.4) is 0 Å². The van der Waals surface area contributed by atoms with E-state index in [1.54, 1.807) is 35.6 Å². The van der Waals surface area contributed by atoms with E-state index < -0.39 is 10.0 Å². The zero-order valence-electron chi connectivity index (χ0n) is 16.5. The molecule has 8 heteroatoms. The van der Waals surface area contributed by atoms with Crippen LogP contribution in [0.2, 0.25) is 0 Å². The normalized spacial score (nSPS) is 13.6. The van der Waals surface area contributed by atoms with Gasteiger partial charge in [0.15, 0.2) is 0 Å². The molecule has 0 radical (unpaired) electrons. The van der Waals surface area contributed by atoms with Crippen LogP contribution < -0.4 is 10.0 Å². The predicted octanol–water partition coefficient (Wildman–Crippen LogP) is 4.57. The van der Waals surface area contributed by atoms with Gasteiger partial charge in [-0.15, -0.1) is 11.3 Å². The van der Waals surface area contributed by atoms with Gasteiger partial charge in [0, 0.05) is 24.2 Å². The summed E-state index contributed by atoms with van der Waals surface area (Å²) < 4.78 is 29.4. The van der Waals surface area contributed by atoms with E-state index in [2.05, 4.69) is 21.1 Å². The second-order valence-electron chi connectivity index (χ2n) is 7.42. The number of benzene rings is 3. The minimum absolute atomic E-state index is 0.0489. The van der Waals surface area contributed by atoms with Crippen LogP contribution in [-0.2, 0) is 27.7 Å². The van der Waals surface area contributed by atoms with Crippen LogP contribution in [0.25, 0.3) is 10.2 Å². The van der Waals surface area contributed by atoms with E-state index in [1.807, 2.05) is 30.3 Å². The first-order valence-corrected chi connectivity index (χ1v) is 12.2. The summed E-state index contributed by atoms with van der Waals surface area (Å²) in [6.07, 6.45) is 1.59. The van der Waals surface area contributed by atoms with E-state index in [0.29, 0.717) is 30.6 Å². The highest BCUT2D eigenvalue weighted by atomic mass is 32.2. The van der Waals surface area contributed by atoms with Crippen molar-refractivity contribution in [3.05, 3.63) is 82.9 Å². The van der Waals surface area contributed by atoms with E-state index in [0.717, 1.165) is 26.4 Å². The Balaban J connectivity index is 1.31. The molecule has 0 saturated heterocycles. The average Bonchev–Trinajstić information content (AvgIpc) is 3.17. The van der Waals surface area contributed by atoms with Gasteiger partial charge in [0.05, 0.1) is 20.1 Å². The number of aryl methyl sites for hydroxylation is 1. The Labute approximate surface area is 184 Å². The van der Waals surface area contributed by atoms with Crippen LogP contribution in [0.1, 0.15) is 22.6 Å². The maximum absolute atomic E-state index is 12.8. The number of nitrogens with zero attached hydrogens (tertiary/aromatic N) is 1. The lowest BCUT2D eigenvalue weighted by Gasteiger charge is -2.18. The molecule has 3 aromatic carbocycles. The molecule has 156 valence electrons. The second-order valence-corrected chi connectivity index (χ2v) is 10.2. The Hall–Kier alpha value is -3.23. The molecule has 4 aromatic rings. The summed E-state index contributed by atoms with van der Waals surface area (Å²) in [5, 5.41) is 3.79. The molecule has 0 atom stereocenters. The number of hydrogen-bond acceptors (Lipinski definition) is 5. The zero-order chi connectivity index (χ0) is 21.4. The smallest absolute Gasteiger partial charge is 0.261 e. The molecular weight excluding hydrogens is 430 g/mol. The summed E-state index contributed by atoms with van der Waals surface area (Å²) in [6.45, 7) is 0. The van der Waals surface area contributed by atoms with Crippen molar-refractivity contribution in [2.75, 3.05) is 10.0 Å².